The lowest BCUT2D eigenvalue weighted by Gasteiger charge is -2.15. The molecule has 0 atom stereocenters. The number of benzene rings is 2. The van der Waals surface area contributed by atoms with Gasteiger partial charge in [0.1, 0.15) is 22.8 Å². The summed E-state index contributed by atoms with van der Waals surface area (Å²) >= 11 is 0.646. The maximum absolute atomic E-state index is 14.4. The fourth-order valence-corrected chi connectivity index (χ4v) is 3.47. The van der Waals surface area contributed by atoms with Crippen LogP contribution in [-0.4, -0.2) is 22.1 Å². The molecule has 6 nitrogen and oxygen atoms in total. The third-order valence-electron chi connectivity index (χ3n) is 4.18. The molecular formula is C21H14F4N4O2S. The van der Waals surface area contributed by atoms with Gasteiger partial charge in [0.05, 0.1) is 7.11 Å². The maximum Gasteiger partial charge on any atom is 0.420 e. The summed E-state index contributed by atoms with van der Waals surface area (Å²) < 4.78 is 65.5. The minimum Gasteiger partial charge on any atom is -0.467 e. The maximum atomic E-state index is 14.4. The van der Waals surface area contributed by atoms with Crippen LogP contribution in [0.15, 0.2) is 60.9 Å². The second-order valence-electron chi connectivity index (χ2n) is 6.35. The number of aromatic nitrogens is 3. The zero-order valence-electron chi connectivity index (χ0n) is 16.4. The summed E-state index contributed by atoms with van der Waals surface area (Å²) in [6.45, 7) is 0. The number of alkyl halides is 3. The second-order valence-corrected chi connectivity index (χ2v) is 7.30. The largest absolute Gasteiger partial charge is 0.467 e. The van der Waals surface area contributed by atoms with Crippen LogP contribution < -0.4 is 14.8 Å². The van der Waals surface area contributed by atoms with Crippen LogP contribution in [0.1, 0.15) is 5.56 Å². The van der Waals surface area contributed by atoms with Crippen molar-refractivity contribution in [2.75, 3.05) is 12.4 Å². The van der Waals surface area contributed by atoms with Crippen LogP contribution in [0.3, 0.4) is 0 Å². The molecular weight excluding hydrogens is 448 g/mol. The van der Waals surface area contributed by atoms with E-state index in [4.69, 9.17) is 9.47 Å². The topological polar surface area (TPSA) is 69.2 Å². The molecule has 2 heterocycles. The van der Waals surface area contributed by atoms with E-state index in [1.165, 1.54) is 31.6 Å². The van der Waals surface area contributed by atoms with Gasteiger partial charge in [0.15, 0.2) is 5.13 Å². The minimum absolute atomic E-state index is 0.0276. The van der Waals surface area contributed by atoms with Crippen LogP contribution in [0, 0.1) is 5.13 Å². The summed E-state index contributed by atoms with van der Waals surface area (Å²) in [5, 5.41) is 2.14. The molecule has 2 aromatic carbocycles. The number of rotatable bonds is 6. The van der Waals surface area contributed by atoms with Crippen molar-refractivity contribution >= 4 is 22.2 Å². The number of ether oxygens (including phenoxy) is 2. The molecule has 1 N–H and O–H groups in total. The average Bonchev–Trinajstić information content (AvgIpc) is 3.14. The third-order valence-corrected chi connectivity index (χ3v) is 4.94. The monoisotopic (exact) mass is 462 g/mol. The van der Waals surface area contributed by atoms with Gasteiger partial charge >= 0.3 is 12.2 Å². The summed E-state index contributed by atoms with van der Waals surface area (Å²) in [6.07, 6.45) is -1.99. The van der Waals surface area contributed by atoms with E-state index in [1.54, 1.807) is 30.3 Å². The lowest BCUT2D eigenvalue weighted by atomic mass is 10.1. The van der Waals surface area contributed by atoms with Crippen LogP contribution in [0.4, 0.5) is 28.4 Å². The van der Waals surface area contributed by atoms with Gasteiger partial charge in [-0.1, -0.05) is 29.5 Å². The Morgan fingerprint density at radius 1 is 1.00 bits per heavy atom. The van der Waals surface area contributed by atoms with E-state index >= 15 is 0 Å². The Kier molecular flexibility index (Phi) is 5.91. The van der Waals surface area contributed by atoms with Gasteiger partial charge < -0.3 is 14.8 Å². The summed E-state index contributed by atoms with van der Waals surface area (Å²) in [6, 6.07) is 11.7. The molecule has 32 heavy (non-hydrogen) atoms. The first-order valence-electron chi connectivity index (χ1n) is 9.07. The number of thiazole rings is 1. The molecule has 0 aliphatic heterocycles. The van der Waals surface area contributed by atoms with Gasteiger partial charge in [-0.15, -0.1) is 0 Å². The number of nitrogens with one attached hydrogen (secondary N) is 1. The Morgan fingerprint density at radius 3 is 2.38 bits per heavy atom. The normalized spacial score (nSPS) is 11.3. The SMILES string of the molecule is COc1ncc(-c2nc(Nc3ccc(Oc4ccccc4)c(C(F)(F)F)c3)sc2F)cn1. The molecule has 4 aromatic rings. The summed E-state index contributed by atoms with van der Waals surface area (Å²) in [5.41, 5.74) is -0.633. The number of nitrogens with zero attached hydrogens (tertiary/aromatic N) is 3. The van der Waals surface area contributed by atoms with Gasteiger partial charge in [0.2, 0.25) is 5.13 Å². The van der Waals surface area contributed by atoms with Gasteiger partial charge in [-0.05, 0) is 30.3 Å². The van der Waals surface area contributed by atoms with Crippen molar-refractivity contribution in [2.45, 2.75) is 6.18 Å². The summed E-state index contributed by atoms with van der Waals surface area (Å²) in [4.78, 5) is 11.9. The molecule has 11 heteroatoms. The van der Waals surface area contributed by atoms with Crippen molar-refractivity contribution in [3.05, 3.63) is 71.6 Å². The number of anilines is 2. The van der Waals surface area contributed by atoms with E-state index in [-0.39, 0.29) is 34.0 Å². The Bertz CT molecular complexity index is 1210. The number of halogens is 4. The summed E-state index contributed by atoms with van der Waals surface area (Å²) in [5.74, 6) is -0.0808. The molecule has 0 radical (unpaired) electrons. The average molecular weight is 462 g/mol. The number of methoxy groups -OCH3 is 1. The fourth-order valence-electron chi connectivity index (χ4n) is 2.73. The zero-order valence-corrected chi connectivity index (χ0v) is 17.2. The first-order chi connectivity index (χ1) is 15.3. The highest BCUT2D eigenvalue weighted by Crippen LogP contribution is 2.40. The van der Waals surface area contributed by atoms with E-state index in [1.807, 2.05) is 0 Å². The molecule has 4 rings (SSSR count). The van der Waals surface area contributed by atoms with Crippen molar-refractivity contribution in [1.29, 1.82) is 0 Å². The van der Waals surface area contributed by atoms with Crippen molar-refractivity contribution in [3.8, 4) is 28.8 Å². The molecule has 0 aliphatic carbocycles. The highest BCUT2D eigenvalue weighted by Gasteiger charge is 2.35. The van der Waals surface area contributed by atoms with Gasteiger partial charge in [-0.3, -0.25) is 0 Å². The molecule has 0 saturated carbocycles. The Morgan fingerprint density at radius 2 is 1.72 bits per heavy atom. The molecule has 0 bridgehead atoms. The van der Waals surface area contributed by atoms with Crippen molar-refractivity contribution in [2.24, 2.45) is 0 Å². The van der Waals surface area contributed by atoms with Crippen LogP contribution in [-0.2, 0) is 6.18 Å². The molecule has 0 spiro atoms. The van der Waals surface area contributed by atoms with E-state index in [9.17, 15) is 17.6 Å². The smallest absolute Gasteiger partial charge is 0.420 e. The predicted molar refractivity (Wildman–Crippen MR) is 111 cm³/mol. The standard InChI is InChI=1S/C21H14F4N4O2S/c1-30-19-26-10-12(11-27-19)17-18(22)32-20(29-17)28-13-7-8-16(15(9-13)21(23,24)25)31-14-5-3-2-4-6-14/h2-11H,1H3,(H,28,29). The summed E-state index contributed by atoms with van der Waals surface area (Å²) in [7, 11) is 1.39. The second kappa shape index (κ2) is 8.79. The first kappa shape index (κ1) is 21.5. The fraction of sp³-hybridized carbons (Fsp3) is 0.0952. The molecule has 2 aromatic heterocycles. The lowest BCUT2D eigenvalue weighted by Crippen LogP contribution is -2.08. The number of hydrogen-bond acceptors (Lipinski definition) is 7. The van der Waals surface area contributed by atoms with Gasteiger partial charge in [-0.2, -0.15) is 17.6 Å². The van der Waals surface area contributed by atoms with Crippen molar-refractivity contribution in [3.63, 3.8) is 0 Å². The molecule has 164 valence electrons. The lowest BCUT2D eigenvalue weighted by molar-refractivity contribution is -0.138. The molecule has 0 aliphatic rings. The Labute approximate surface area is 183 Å². The minimum atomic E-state index is -4.67. The highest BCUT2D eigenvalue weighted by molar-refractivity contribution is 7.14. The Balaban J connectivity index is 1.60. The molecule has 0 fully saturated rings. The van der Waals surface area contributed by atoms with Crippen molar-refractivity contribution in [1.82, 2.24) is 15.0 Å². The van der Waals surface area contributed by atoms with Crippen LogP contribution >= 0.6 is 11.3 Å². The number of hydrogen-bond donors (Lipinski definition) is 1. The Hall–Kier alpha value is -3.73. The van der Waals surface area contributed by atoms with E-state index in [0.717, 1.165) is 6.07 Å². The van der Waals surface area contributed by atoms with E-state index < -0.39 is 16.9 Å². The predicted octanol–water partition coefficient (Wildman–Crippen LogP) is 6.30. The van der Waals surface area contributed by atoms with E-state index in [2.05, 4.69) is 20.3 Å². The molecule has 0 saturated heterocycles. The molecule has 0 unspecified atom stereocenters. The van der Waals surface area contributed by atoms with Gasteiger partial charge in [0.25, 0.3) is 0 Å². The van der Waals surface area contributed by atoms with E-state index in [0.29, 0.717) is 16.9 Å². The zero-order chi connectivity index (χ0) is 22.7. The highest BCUT2D eigenvalue weighted by atomic mass is 32.1. The third kappa shape index (κ3) is 4.78. The van der Waals surface area contributed by atoms with Crippen LogP contribution in [0.2, 0.25) is 0 Å². The van der Waals surface area contributed by atoms with Crippen LogP contribution in [0.25, 0.3) is 11.3 Å². The van der Waals surface area contributed by atoms with Crippen molar-refractivity contribution < 1.29 is 27.0 Å². The quantitative estimate of drug-likeness (QED) is 0.339. The van der Waals surface area contributed by atoms with Gasteiger partial charge in [0, 0.05) is 23.6 Å². The molecule has 0 amide bonds. The number of para-hydroxylation sites is 1. The first-order valence-corrected chi connectivity index (χ1v) is 9.89. The van der Waals surface area contributed by atoms with Gasteiger partial charge in [-0.25, -0.2) is 15.0 Å². The van der Waals surface area contributed by atoms with Crippen LogP contribution in [0.5, 0.6) is 17.5 Å².